The summed E-state index contributed by atoms with van der Waals surface area (Å²) >= 11 is 4.12. The SMILES string of the molecule is O=C(N/N=C\c1cc(I)c(O)c(I)c1)c1ccc(N2CCCC2)cc1. The van der Waals surface area contributed by atoms with Gasteiger partial charge in [0, 0.05) is 24.3 Å². The Hall–Kier alpha value is -1.36. The molecule has 0 unspecified atom stereocenters. The molecule has 0 spiro atoms. The van der Waals surface area contributed by atoms with Crippen LogP contribution in [0, 0.1) is 7.14 Å². The summed E-state index contributed by atoms with van der Waals surface area (Å²) in [5.41, 5.74) is 5.09. The molecular weight excluding hydrogens is 544 g/mol. The van der Waals surface area contributed by atoms with E-state index in [-0.39, 0.29) is 11.7 Å². The fourth-order valence-electron chi connectivity index (χ4n) is 2.69. The van der Waals surface area contributed by atoms with Gasteiger partial charge >= 0.3 is 0 Å². The Morgan fingerprint density at radius 2 is 1.72 bits per heavy atom. The van der Waals surface area contributed by atoms with Gasteiger partial charge in [-0.15, -0.1) is 0 Å². The summed E-state index contributed by atoms with van der Waals surface area (Å²) in [6.45, 7) is 2.17. The molecule has 2 aromatic rings. The molecule has 1 amide bonds. The highest BCUT2D eigenvalue weighted by atomic mass is 127. The first-order chi connectivity index (χ1) is 12.0. The van der Waals surface area contributed by atoms with E-state index in [4.69, 9.17) is 0 Å². The van der Waals surface area contributed by atoms with Crippen LogP contribution < -0.4 is 10.3 Å². The first kappa shape index (κ1) is 18.4. The van der Waals surface area contributed by atoms with Gasteiger partial charge < -0.3 is 10.0 Å². The second kappa shape index (κ2) is 8.35. The molecular formula is C18H17I2N3O2. The Kier molecular flexibility index (Phi) is 6.15. The van der Waals surface area contributed by atoms with Crippen LogP contribution in [-0.4, -0.2) is 30.3 Å². The normalized spacial score (nSPS) is 14.2. The third-order valence-corrected chi connectivity index (χ3v) is 5.66. The third kappa shape index (κ3) is 4.63. The summed E-state index contributed by atoms with van der Waals surface area (Å²) in [6.07, 6.45) is 4.03. The minimum absolute atomic E-state index is 0.243. The maximum absolute atomic E-state index is 12.2. The molecule has 1 fully saturated rings. The van der Waals surface area contributed by atoms with Crippen LogP contribution in [0.4, 0.5) is 5.69 Å². The van der Waals surface area contributed by atoms with E-state index in [0.29, 0.717) is 5.56 Å². The summed E-state index contributed by atoms with van der Waals surface area (Å²) in [5, 5.41) is 13.8. The first-order valence-corrected chi connectivity index (χ1v) is 10.1. The molecule has 0 aromatic heterocycles. The number of amides is 1. The van der Waals surface area contributed by atoms with Gasteiger partial charge in [0.1, 0.15) is 5.75 Å². The Labute approximate surface area is 173 Å². The average Bonchev–Trinajstić information content (AvgIpc) is 3.14. The summed E-state index contributed by atoms with van der Waals surface area (Å²) in [5.74, 6) is 0.0212. The number of hydrogen-bond acceptors (Lipinski definition) is 4. The summed E-state index contributed by atoms with van der Waals surface area (Å²) in [6, 6.07) is 11.2. The molecule has 25 heavy (non-hydrogen) atoms. The van der Waals surface area contributed by atoms with Crippen LogP contribution in [0.25, 0.3) is 0 Å². The highest BCUT2D eigenvalue weighted by Crippen LogP contribution is 2.26. The van der Waals surface area contributed by atoms with Crippen molar-refractivity contribution in [2.45, 2.75) is 12.8 Å². The van der Waals surface area contributed by atoms with Crippen molar-refractivity contribution in [2.24, 2.45) is 5.10 Å². The molecule has 1 aliphatic rings. The van der Waals surface area contributed by atoms with Crippen LogP contribution >= 0.6 is 45.2 Å². The van der Waals surface area contributed by atoms with Gasteiger partial charge in [-0.3, -0.25) is 4.79 Å². The Morgan fingerprint density at radius 3 is 2.32 bits per heavy atom. The number of carbonyl (C=O) groups is 1. The Balaban J connectivity index is 1.62. The highest BCUT2D eigenvalue weighted by molar-refractivity contribution is 14.1. The molecule has 1 aliphatic heterocycles. The van der Waals surface area contributed by atoms with Gasteiger partial charge in [-0.05, 0) is 100.0 Å². The van der Waals surface area contributed by atoms with Crippen LogP contribution in [0.3, 0.4) is 0 Å². The quantitative estimate of drug-likeness (QED) is 0.338. The lowest BCUT2D eigenvalue weighted by molar-refractivity contribution is 0.0955. The Morgan fingerprint density at radius 1 is 1.12 bits per heavy atom. The van der Waals surface area contributed by atoms with Crippen molar-refractivity contribution in [3.05, 3.63) is 54.7 Å². The zero-order chi connectivity index (χ0) is 17.8. The maximum atomic E-state index is 12.2. The second-order valence-corrected chi connectivity index (χ2v) is 8.10. The minimum Gasteiger partial charge on any atom is -0.506 e. The third-order valence-electron chi connectivity index (χ3n) is 4.02. The standard InChI is InChI=1S/C18H17I2N3O2/c19-15-9-12(10-16(20)17(15)24)11-21-22-18(25)13-3-5-14(6-4-13)23-7-1-2-8-23/h3-6,9-11,24H,1-2,7-8H2,(H,22,25)/b21-11-. The number of phenolic OH excluding ortho intramolecular Hbond substituents is 1. The largest absolute Gasteiger partial charge is 0.506 e. The van der Waals surface area contributed by atoms with Crippen molar-refractivity contribution in [2.75, 3.05) is 18.0 Å². The van der Waals surface area contributed by atoms with Crippen LogP contribution in [0.1, 0.15) is 28.8 Å². The second-order valence-electron chi connectivity index (χ2n) is 5.77. The number of halogens is 2. The highest BCUT2D eigenvalue weighted by Gasteiger charge is 2.13. The monoisotopic (exact) mass is 561 g/mol. The lowest BCUT2D eigenvalue weighted by atomic mass is 10.2. The molecule has 5 nitrogen and oxygen atoms in total. The molecule has 1 saturated heterocycles. The lowest BCUT2D eigenvalue weighted by Crippen LogP contribution is -2.19. The van der Waals surface area contributed by atoms with E-state index in [1.54, 1.807) is 18.3 Å². The van der Waals surface area contributed by atoms with Crippen molar-refractivity contribution in [3.8, 4) is 5.75 Å². The zero-order valence-corrected chi connectivity index (χ0v) is 17.7. The van der Waals surface area contributed by atoms with Crippen LogP contribution in [0.5, 0.6) is 5.75 Å². The average molecular weight is 561 g/mol. The van der Waals surface area contributed by atoms with E-state index in [2.05, 4.69) is 60.6 Å². The van der Waals surface area contributed by atoms with Crippen molar-refractivity contribution in [1.82, 2.24) is 5.43 Å². The molecule has 0 saturated carbocycles. The van der Waals surface area contributed by atoms with Crippen LogP contribution in [0.2, 0.25) is 0 Å². The van der Waals surface area contributed by atoms with Crippen molar-refractivity contribution in [1.29, 1.82) is 0 Å². The van der Waals surface area contributed by atoms with Gasteiger partial charge in [0.15, 0.2) is 0 Å². The van der Waals surface area contributed by atoms with Gasteiger partial charge in [0.05, 0.1) is 13.4 Å². The molecule has 0 radical (unpaired) electrons. The summed E-state index contributed by atoms with van der Waals surface area (Å²) in [7, 11) is 0. The number of benzene rings is 2. The molecule has 0 aliphatic carbocycles. The van der Waals surface area contributed by atoms with Crippen molar-refractivity contribution < 1.29 is 9.90 Å². The smallest absolute Gasteiger partial charge is 0.271 e. The van der Waals surface area contributed by atoms with Gasteiger partial charge in [-0.25, -0.2) is 5.43 Å². The first-order valence-electron chi connectivity index (χ1n) is 7.91. The Bertz CT molecular complexity index is 777. The maximum Gasteiger partial charge on any atom is 0.271 e. The fraction of sp³-hybridized carbons (Fsp3) is 0.222. The lowest BCUT2D eigenvalue weighted by Gasteiger charge is -2.17. The zero-order valence-electron chi connectivity index (χ0n) is 13.4. The number of hydrogen-bond donors (Lipinski definition) is 2. The van der Waals surface area contributed by atoms with Crippen molar-refractivity contribution in [3.63, 3.8) is 0 Å². The molecule has 130 valence electrons. The van der Waals surface area contributed by atoms with E-state index < -0.39 is 0 Å². The van der Waals surface area contributed by atoms with E-state index in [9.17, 15) is 9.90 Å². The topological polar surface area (TPSA) is 64.9 Å². The van der Waals surface area contributed by atoms with Gasteiger partial charge in [-0.1, -0.05) is 0 Å². The van der Waals surface area contributed by atoms with Crippen LogP contribution in [0.15, 0.2) is 41.5 Å². The summed E-state index contributed by atoms with van der Waals surface area (Å²) < 4.78 is 1.49. The van der Waals surface area contributed by atoms with Crippen molar-refractivity contribution >= 4 is 63.0 Å². The predicted molar refractivity (Wildman–Crippen MR) is 116 cm³/mol. The summed E-state index contributed by atoms with van der Waals surface area (Å²) in [4.78, 5) is 14.5. The number of carbonyl (C=O) groups excluding carboxylic acids is 1. The number of phenols is 1. The fourth-order valence-corrected chi connectivity index (χ4v) is 4.50. The van der Waals surface area contributed by atoms with E-state index in [1.165, 1.54) is 12.8 Å². The number of nitrogens with one attached hydrogen (secondary N) is 1. The molecule has 1 heterocycles. The van der Waals surface area contributed by atoms with Gasteiger partial charge in [-0.2, -0.15) is 5.10 Å². The minimum atomic E-state index is -0.243. The molecule has 0 atom stereocenters. The number of aromatic hydroxyl groups is 1. The number of anilines is 1. The molecule has 3 rings (SSSR count). The predicted octanol–water partition coefficient (Wildman–Crippen LogP) is 3.97. The number of rotatable bonds is 4. The van der Waals surface area contributed by atoms with Crippen LogP contribution in [-0.2, 0) is 0 Å². The van der Waals surface area contributed by atoms with Gasteiger partial charge in [0.25, 0.3) is 5.91 Å². The number of nitrogens with zero attached hydrogens (tertiary/aromatic N) is 2. The number of hydrazone groups is 1. The van der Waals surface area contributed by atoms with Gasteiger partial charge in [0.2, 0.25) is 0 Å². The molecule has 0 bridgehead atoms. The van der Waals surface area contributed by atoms with E-state index in [1.807, 2.05) is 24.3 Å². The van der Waals surface area contributed by atoms with E-state index in [0.717, 1.165) is 31.5 Å². The molecule has 2 aromatic carbocycles. The van der Waals surface area contributed by atoms with E-state index >= 15 is 0 Å². The molecule has 2 N–H and O–H groups in total. The molecule has 7 heteroatoms.